The zero-order valence-electron chi connectivity index (χ0n) is 16.6. The number of carbonyl (C=O) groups excluding carboxylic acids is 1. The molecule has 0 bridgehead atoms. The van der Waals surface area contributed by atoms with Gasteiger partial charge in [0.25, 0.3) is 5.56 Å². The molecule has 6 heteroatoms. The van der Waals surface area contributed by atoms with Gasteiger partial charge < -0.3 is 9.84 Å². The van der Waals surface area contributed by atoms with Gasteiger partial charge in [-0.15, -0.1) is 0 Å². The van der Waals surface area contributed by atoms with Crippen molar-refractivity contribution in [1.29, 1.82) is 5.26 Å². The van der Waals surface area contributed by atoms with Crippen molar-refractivity contribution in [2.45, 2.75) is 53.0 Å². The normalized spacial score (nSPS) is 10.5. The van der Waals surface area contributed by atoms with Crippen LogP contribution in [0.4, 0.5) is 0 Å². The Morgan fingerprint density at radius 1 is 1.21 bits per heavy atom. The molecule has 0 unspecified atom stereocenters. The number of nitriles is 1. The van der Waals surface area contributed by atoms with Gasteiger partial charge >= 0.3 is 0 Å². The van der Waals surface area contributed by atoms with E-state index < -0.39 is 17.2 Å². The van der Waals surface area contributed by atoms with Crippen LogP contribution in [0.25, 0.3) is 0 Å². The fraction of sp³-hybridized carbons (Fsp3) is 0.409. The van der Waals surface area contributed by atoms with Gasteiger partial charge in [-0.1, -0.05) is 38.8 Å². The Kier molecular flexibility index (Phi) is 7.39. The van der Waals surface area contributed by atoms with Crippen LogP contribution < -0.4 is 10.3 Å². The van der Waals surface area contributed by atoms with Crippen molar-refractivity contribution >= 4 is 5.78 Å². The van der Waals surface area contributed by atoms with Gasteiger partial charge in [0.05, 0.1) is 17.7 Å². The number of benzene rings is 1. The van der Waals surface area contributed by atoms with Crippen molar-refractivity contribution < 1.29 is 14.6 Å². The van der Waals surface area contributed by atoms with E-state index >= 15 is 0 Å². The lowest BCUT2D eigenvalue weighted by Gasteiger charge is -2.16. The maximum absolute atomic E-state index is 13.3. The lowest BCUT2D eigenvalue weighted by Crippen LogP contribution is -2.27. The maximum atomic E-state index is 13.3. The second kappa shape index (κ2) is 9.75. The van der Waals surface area contributed by atoms with Crippen LogP contribution in [0.1, 0.15) is 66.6 Å². The summed E-state index contributed by atoms with van der Waals surface area (Å²) in [6, 6.07) is 8.67. The minimum atomic E-state index is -0.569. The van der Waals surface area contributed by atoms with Crippen LogP contribution >= 0.6 is 0 Å². The van der Waals surface area contributed by atoms with Gasteiger partial charge in [0.1, 0.15) is 17.4 Å². The number of rotatable bonds is 9. The molecule has 0 spiro atoms. The van der Waals surface area contributed by atoms with Gasteiger partial charge in [-0.3, -0.25) is 14.2 Å². The van der Waals surface area contributed by atoms with Gasteiger partial charge in [0.15, 0.2) is 0 Å². The Morgan fingerprint density at radius 3 is 2.57 bits per heavy atom. The summed E-state index contributed by atoms with van der Waals surface area (Å²) in [5, 5.41) is 20.2. The first-order valence-corrected chi connectivity index (χ1v) is 9.60. The lowest BCUT2D eigenvalue weighted by molar-refractivity contribution is 0.103. The number of aromatic nitrogens is 1. The predicted octanol–water partition coefficient (Wildman–Crippen LogP) is 3.94. The zero-order chi connectivity index (χ0) is 20.7. The molecule has 1 N–H and O–H groups in total. The molecule has 0 aliphatic carbocycles. The number of para-hydroxylation sites is 1. The molecule has 0 radical (unpaired) electrons. The Morgan fingerprint density at radius 2 is 1.93 bits per heavy atom. The first-order chi connectivity index (χ1) is 13.5. The van der Waals surface area contributed by atoms with Crippen molar-refractivity contribution in [3.63, 3.8) is 0 Å². The first kappa shape index (κ1) is 21.2. The van der Waals surface area contributed by atoms with Gasteiger partial charge in [-0.25, -0.2) is 0 Å². The predicted molar refractivity (Wildman–Crippen MR) is 107 cm³/mol. The molecule has 0 amide bonds. The number of ketones is 1. The van der Waals surface area contributed by atoms with E-state index in [9.17, 15) is 20.0 Å². The van der Waals surface area contributed by atoms with E-state index in [0.29, 0.717) is 18.8 Å². The third-order valence-electron chi connectivity index (χ3n) is 4.61. The number of aromatic hydroxyl groups is 1. The minimum Gasteiger partial charge on any atom is -0.494 e. The average molecular weight is 382 g/mol. The molecule has 0 atom stereocenters. The highest BCUT2D eigenvalue weighted by Crippen LogP contribution is 2.29. The standard InChI is InChI=1S/C22H26N2O4/c1-4-6-9-12-24-21(26)17(14-23)15(3)19(22(24)27)20(25)16-10-7-8-11-18(16)28-13-5-2/h7-8,10-11,27H,4-6,9,12-13H2,1-3H3. The molecule has 0 saturated heterocycles. The highest BCUT2D eigenvalue weighted by molar-refractivity contribution is 6.13. The van der Waals surface area contributed by atoms with E-state index in [1.165, 1.54) is 6.92 Å². The topological polar surface area (TPSA) is 92.3 Å². The number of hydrogen-bond acceptors (Lipinski definition) is 5. The largest absolute Gasteiger partial charge is 0.494 e. The Balaban J connectivity index is 2.62. The number of carbonyl (C=O) groups is 1. The summed E-state index contributed by atoms with van der Waals surface area (Å²) in [5.74, 6) is -0.453. The van der Waals surface area contributed by atoms with E-state index in [4.69, 9.17) is 4.74 Å². The molecule has 1 heterocycles. The Labute approximate surface area is 165 Å². The Bertz CT molecular complexity index is 954. The van der Waals surface area contributed by atoms with E-state index in [-0.39, 0.29) is 28.8 Å². The average Bonchev–Trinajstić information content (AvgIpc) is 2.69. The van der Waals surface area contributed by atoms with Crippen molar-refractivity contribution in [2.75, 3.05) is 6.61 Å². The maximum Gasteiger partial charge on any atom is 0.271 e. The molecule has 2 rings (SSSR count). The number of hydrogen-bond donors (Lipinski definition) is 1. The summed E-state index contributed by atoms with van der Waals surface area (Å²) in [4.78, 5) is 25.9. The van der Waals surface area contributed by atoms with E-state index in [2.05, 4.69) is 0 Å². The van der Waals surface area contributed by atoms with Crippen LogP contribution in [0.15, 0.2) is 29.1 Å². The number of nitrogens with zero attached hydrogens (tertiary/aromatic N) is 2. The molecule has 0 fully saturated rings. The van der Waals surface area contributed by atoms with Gasteiger partial charge in [-0.2, -0.15) is 5.26 Å². The first-order valence-electron chi connectivity index (χ1n) is 9.60. The van der Waals surface area contributed by atoms with E-state index in [0.717, 1.165) is 23.8 Å². The van der Waals surface area contributed by atoms with Crippen LogP contribution in [0.5, 0.6) is 11.6 Å². The lowest BCUT2D eigenvalue weighted by atomic mass is 9.96. The van der Waals surface area contributed by atoms with Gasteiger partial charge in [-0.05, 0) is 37.5 Å². The third-order valence-corrected chi connectivity index (χ3v) is 4.61. The Hall–Kier alpha value is -3.07. The molecule has 0 aliphatic heterocycles. The summed E-state index contributed by atoms with van der Waals surface area (Å²) in [6.45, 7) is 6.21. The number of unbranched alkanes of at least 4 members (excludes halogenated alkanes) is 2. The summed E-state index contributed by atoms with van der Waals surface area (Å²) >= 11 is 0. The molecule has 2 aromatic rings. The molecule has 1 aromatic carbocycles. The van der Waals surface area contributed by atoms with Crippen molar-refractivity contribution in [2.24, 2.45) is 0 Å². The van der Waals surface area contributed by atoms with Crippen molar-refractivity contribution in [1.82, 2.24) is 4.57 Å². The van der Waals surface area contributed by atoms with Crippen LogP contribution in [-0.4, -0.2) is 22.1 Å². The fourth-order valence-corrected chi connectivity index (χ4v) is 3.08. The molecule has 28 heavy (non-hydrogen) atoms. The zero-order valence-corrected chi connectivity index (χ0v) is 16.6. The molecule has 0 saturated carbocycles. The van der Waals surface area contributed by atoms with Crippen LogP contribution in [0.2, 0.25) is 0 Å². The highest BCUT2D eigenvalue weighted by Gasteiger charge is 2.26. The summed E-state index contributed by atoms with van der Waals surface area (Å²) in [6.07, 6.45) is 3.27. The smallest absolute Gasteiger partial charge is 0.271 e. The van der Waals surface area contributed by atoms with Crippen LogP contribution in [0.3, 0.4) is 0 Å². The van der Waals surface area contributed by atoms with Crippen LogP contribution in [-0.2, 0) is 6.54 Å². The molecule has 148 valence electrons. The van der Waals surface area contributed by atoms with E-state index in [1.807, 2.05) is 19.9 Å². The monoisotopic (exact) mass is 382 g/mol. The summed E-state index contributed by atoms with van der Waals surface area (Å²) in [5.41, 5.74) is -0.241. The molecular weight excluding hydrogens is 356 g/mol. The SMILES string of the molecule is CCCCCn1c(O)c(C(=O)c2ccccc2OCCC)c(C)c(C#N)c1=O. The third kappa shape index (κ3) is 4.25. The summed E-state index contributed by atoms with van der Waals surface area (Å²) < 4.78 is 6.79. The number of pyridine rings is 1. The number of ether oxygens (including phenoxy) is 1. The molecular formula is C22H26N2O4. The molecule has 1 aromatic heterocycles. The second-order valence-electron chi connectivity index (χ2n) is 6.65. The van der Waals surface area contributed by atoms with Gasteiger partial charge in [0.2, 0.25) is 11.7 Å². The molecule has 6 nitrogen and oxygen atoms in total. The van der Waals surface area contributed by atoms with E-state index in [1.54, 1.807) is 24.3 Å². The van der Waals surface area contributed by atoms with Crippen LogP contribution in [0, 0.1) is 18.3 Å². The van der Waals surface area contributed by atoms with Crippen molar-refractivity contribution in [3.8, 4) is 17.7 Å². The quantitative estimate of drug-likeness (QED) is 0.524. The summed E-state index contributed by atoms with van der Waals surface area (Å²) in [7, 11) is 0. The van der Waals surface area contributed by atoms with Crippen molar-refractivity contribution in [3.05, 3.63) is 56.9 Å². The highest BCUT2D eigenvalue weighted by atomic mass is 16.5. The fourth-order valence-electron chi connectivity index (χ4n) is 3.08. The van der Waals surface area contributed by atoms with Gasteiger partial charge in [0, 0.05) is 6.54 Å². The minimum absolute atomic E-state index is 0.0276. The molecule has 0 aliphatic rings. The second-order valence-corrected chi connectivity index (χ2v) is 6.65.